The highest BCUT2D eigenvalue weighted by Gasteiger charge is 2.29. The predicted molar refractivity (Wildman–Crippen MR) is 131 cm³/mol. The Labute approximate surface area is 196 Å². The zero-order valence-electron chi connectivity index (χ0n) is 18.5. The molecule has 2 heterocycles. The second-order valence-electron chi connectivity index (χ2n) is 7.88. The fraction of sp³-hybridized carbons (Fsp3) is 0.0741. The van der Waals surface area contributed by atoms with Crippen molar-refractivity contribution in [3.63, 3.8) is 0 Å². The highest BCUT2D eigenvalue weighted by molar-refractivity contribution is 6.37. The van der Waals surface area contributed by atoms with Crippen molar-refractivity contribution in [2.24, 2.45) is 0 Å². The Hall–Kier alpha value is -4.65. The summed E-state index contributed by atoms with van der Waals surface area (Å²) in [6.07, 6.45) is 5.46. The molecule has 1 aromatic heterocycles. The molecule has 3 aromatic carbocycles. The average Bonchev–Trinajstić information content (AvgIpc) is 3.50. The van der Waals surface area contributed by atoms with Crippen LogP contribution >= 0.6 is 0 Å². The molecule has 7 heteroatoms. The van der Waals surface area contributed by atoms with E-state index in [4.69, 9.17) is 4.74 Å². The molecule has 0 saturated heterocycles. The molecule has 0 saturated carbocycles. The summed E-state index contributed by atoms with van der Waals surface area (Å²) in [5, 5.41) is 6.33. The Bertz CT molecular complexity index is 1380. The lowest BCUT2D eigenvalue weighted by atomic mass is 9.99. The van der Waals surface area contributed by atoms with Crippen LogP contribution in [0.2, 0.25) is 0 Å². The number of nitrogens with zero attached hydrogens (tertiary/aromatic N) is 2. The number of carbonyl (C=O) groups is 2. The highest BCUT2D eigenvalue weighted by atomic mass is 16.5. The lowest BCUT2D eigenvalue weighted by molar-refractivity contribution is -0.110. The molecule has 2 N–H and O–H groups in total. The number of esters is 1. The number of nitrogens with one attached hydrogen (secondary N) is 2. The Kier molecular flexibility index (Phi) is 5.66. The smallest absolute Gasteiger partial charge is 0.337 e. The summed E-state index contributed by atoms with van der Waals surface area (Å²) in [6, 6.07) is 22.8. The molecule has 5 rings (SSSR count). The first-order chi connectivity index (χ1) is 16.6. The van der Waals surface area contributed by atoms with Gasteiger partial charge in [-0.25, -0.2) is 9.78 Å². The van der Waals surface area contributed by atoms with Gasteiger partial charge in [-0.15, -0.1) is 0 Å². The van der Waals surface area contributed by atoms with Gasteiger partial charge in [-0.2, -0.15) is 0 Å². The fourth-order valence-corrected chi connectivity index (χ4v) is 3.98. The molecule has 0 atom stereocenters. The van der Waals surface area contributed by atoms with Crippen molar-refractivity contribution >= 4 is 34.5 Å². The number of benzene rings is 3. The summed E-state index contributed by atoms with van der Waals surface area (Å²) in [4.78, 5) is 29.1. The van der Waals surface area contributed by atoms with E-state index < -0.39 is 5.97 Å². The largest absolute Gasteiger partial charge is 0.465 e. The van der Waals surface area contributed by atoms with Gasteiger partial charge in [0.2, 0.25) is 0 Å². The van der Waals surface area contributed by atoms with Gasteiger partial charge in [-0.1, -0.05) is 48.5 Å². The molecule has 168 valence electrons. The van der Waals surface area contributed by atoms with Crippen molar-refractivity contribution in [1.82, 2.24) is 9.55 Å². The van der Waals surface area contributed by atoms with Gasteiger partial charge in [0.15, 0.2) is 0 Å². The first kappa shape index (κ1) is 21.2. The van der Waals surface area contributed by atoms with Crippen LogP contribution in [0.15, 0.2) is 91.5 Å². The van der Waals surface area contributed by atoms with Gasteiger partial charge in [0.05, 0.1) is 36.0 Å². The van der Waals surface area contributed by atoms with Crippen molar-refractivity contribution in [1.29, 1.82) is 0 Å². The van der Waals surface area contributed by atoms with Crippen LogP contribution in [0.3, 0.4) is 0 Å². The van der Waals surface area contributed by atoms with Crippen molar-refractivity contribution in [3.8, 4) is 0 Å². The number of anilines is 2. The minimum atomic E-state index is -0.452. The number of methoxy groups -OCH3 is 1. The molecule has 7 nitrogen and oxygen atoms in total. The van der Waals surface area contributed by atoms with Crippen molar-refractivity contribution in [3.05, 3.63) is 114 Å². The summed E-state index contributed by atoms with van der Waals surface area (Å²) in [6.45, 7) is 0.727. The lowest BCUT2D eigenvalue weighted by Gasteiger charge is -2.15. The van der Waals surface area contributed by atoms with E-state index in [0.29, 0.717) is 22.5 Å². The Morgan fingerprint density at radius 1 is 1.03 bits per heavy atom. The molecule has 0 spiro atoms. The van der Waals surface area contributed by atoms with Gasteiger partial charge in [0.1, 0.15) is 0 Å². The van der Waals surface area contributed by atoms with E-state index in [2.05, 4.69) is 15.6 Å². The first-order valence-corrected chi connectivity index (χ1v) is 10.8. The molecule has 0 fully saturated rings. The number of fused-ring (bicyclic) bond motifs is 1. The molecular weight excluding hydrogens is 428 g/mol. The number of amides is 1. The van der Waals surface area contributed by atoms with Crippen LogP contribution in [0.4, 0.5) is 11.4 Å². The SMILES string of the molecule is COC(=O)c1ccc2c(c1)NC(=O)C2=C(Nc1ccc(Cn2ccnc2)cc1)c1ccccc1. The third-order valence-corrected chi connectivity index (χ3v) is 5.65. The van der Waals surface area contributed by atoms with Crippen LogP contribution in [-0.2, 0) is 16.1 Å². The maximum Gasteiger partial charge on any atom is 0.337 e. The number of hydrogen-bond donors (Lipinski definition) is 2. The van der Waals surface area contributed by atoms with E-state index in [1.807, 2.05) is 65.4 Å². The van der Waals surface area contributed by atoms with E-state index in [-0.39, 0.29) is 5.91 Å². The minimum absolute atomic E-state index is 0.236. The summed E-state index contributed by atoms with van der Waals surface area (Å²) >= 11 is 0. The van der Waals surface area contributed by atoms with Gasteiger partial charge in [-0.05, 0) is 35.4 Å². The second-order valence-corrected chi connectivity index (χ2v) is 7.88. The molecule has 0 radical (unpaired) electrons. The van der Waals surface area contributed by atoms with Crippen LogP contribution in [-0.4, -0.2) is 28.5 Å². The van der Waals surface area contributed by atoms with E-state index in [1.165, 1.54) is 7.11 Å². The van der Waals surface area contributed by atoms with Gasteiger partial charge in [0.25, 0.3) is 5.91 Å². The van der Waals surface area contributed by atoms with Gasteiger partial charge in [-0.3, -0.25) is 4.79 Å². The van der Waals surface area contributed by atoms with Crippen molar-refractivity contribution in [2.75, 3.05) is 17.7 Å². The van der Waals surface area contributed by atoms with Gasteiger partial charge >= 0.3 is 5.97 Å². The van der Waals surface area contributed by atoms with Gasteiger partial charge in [0, 0.05) is 30.2 Å². The molecule has 0 bridgehead atoms. The normalized spacial score (nSPS) is 13.7. The summed E-state index contributed by atoms with van der Waals surface area (Å²) < 4.78 is 6.81. The maximum absolute atomic E-state index is 13.1. The third-order valence-electron chi connectivity index (χ3n) is 5.65. The molecule has 1 amide bonds. The Morgan fingerprint density at radius 2 is 1.82 bits per heavy atom. The Balaban J connectivity index is 1.53. The Morgan fingerprint density at radius 3 is 2.53 bits per heavy atom. The molecule has 4 aromatic rings. The molecule has 1 aliphatic rings. The monoisotopic (exact) mass is 450 g/mol. The number of ether oxygens (including phenoxy) is 1. The summed E-state index contributed by atoms with van der Waals surface area (Å²) in [5.41, 5.74) is 5.75. The van der Waals surface area contributed by atoms with Crippen molar-refractivity contribution in [2.45, 2.75) is 6.54 Å². The third kappa shape index (κ3) is 4.19. The highest BCUT2D eigenvalue weighted by Crippen LogP contribution is 2.38. The van der Waals surface area contributed by atoms with Gasteiger partial charge < -0.3 is 19.9 Å². The van der Waals surface area contributed by atoms with Crippen LogP contribution < -0.4 is 10.6 Å². The van der Waals surface area contributed by atoms with Crippen LogP contribution in [0, 0.1) is 0 Å². The number of rotatable bonds is 6. The minimum Gasteiger partial charge on any atom is -0.465 e. The number of hydrogen-bond acceptors (Lipinski definition) is 5. The molecule has 0 aliphatic carbocycles. The maximum atomic E-state index is 13.1. The first-order valence-electron chi connectivity index (χ1n) is 10.8. The fourth-order valence-electron chi connectivity index (χ4n) is 3.98. The second kappa shape index (κ2) is 9.07. The predicted octanol–water partition coefficient (Wildman–Crippen LogP) is 4.65. The summed E-state index contributed by atoms with van der Waals surface area (Å²) in [5.74, 6) is -0.688. The molecule has 1 aliphatic heterocycles. The topological polar surface area (TPSA) is 85.2 Å². The number of carbonyl (C=O) groups excluding carboxylic acids is 2. The van der Waals surface area contributed by atoms with E-state index in [1.54, 1.807) is 30.7 Å². The summed E-state index contributed by atoms with van der Waals surface area (Å²) in [7, 11) is 1.33. The van der Waals surface area contributed by atoms with Crippen LogP contribution in [0.25, 0.3) is 11.3 Å². The number of aromatic nitrogens is 2. The lowest BCUT2D eigenvalue weighted by Crippen LogP contribution is -2.10. The molecule has 0 unspecified atom stereocenters. The van der Waals surface area contributed by atoms with E-state index >= 15 is 0 Å². The quantitative estimate of drug-likeness (QED) is 0.330. The molecular formula is C27H22N4O3. The number of imidazole rings is 1. The van der Waals surface area contributed by atoms with Crippen LogP contribution in [0.5, 0.6) is 0 Å². The zero-order valence-corrected chi connectivity index (χ0v) is 18.5. The van der Waals surface area contributed by atoms with E-state index in [0.717, 1.165) is 28.9 Å². The molecule has 34 heavy (non-hydrogen) atoms. The standard InChI is InChI=1S/C27H22N4O3/c1-34-27(33)20-9-12-22-23(15-20)30-26(32)24(22)25(19-5-3-2-4-6-19)29-21-10-7-18(8-11-21)16-31-14-13-28-17-31/h2-15,17,29H,16H2,1H3,(H,30,32). The zero-order chi connectivity index (χ0) is 23.5. The average molecular weight is 450 g/mol. The van der Waals surface area contributed by atoms with E-state index in [9.17, 15) is 9.59 Å². The van der Waals surface area contributed by atoms with Crippen LogP contribution in [0.1, 0.15) is 27.0 Å². The van der Waals surface area contributed by atoms with Crippen molar-refractivity contribution < 1.29 is 14.3 Å².